The smallest absolute Gasteiger partial charge is 0.410 e. The first-order chi connectivity index (χ1) is 7.69. The molecule has 0 spiro atoms. The lowest BCUT2D eigenvalue weighted by atomic mass is 9.85. The molecule has 100 valence electrons. The van der Waals surface area contributed by atoms with Gasteiger partial charge in [0.1, 0.15) is 5.60 Å². The highest BCUT2D eigenvalue weighted by Crippen LogP contribution is 2.26. The van der Waals surface area contributed by atoms with Crippen LogP contribution < -0.4 is 5.32 Å². The van der Waals surface area contributed by atoms with Gasteiger partial charge in [0.25, 0.3) is 0 Å². The Bertz CT molecular complexity index is 265. The van der Waals surface area contributed by atoms with Crippen molar-refractivity contribution in [2.45, 2.75) is 71.2 Å². The van der Waals surface area contributed by atoms with Crippen molar-refractivity contribution in [1.82, 2.24) is 10.2 Å². The van der Waals surface area contributed by atoms with Gasteiger partial charge in [0.15, 0.2) is 0 Å². The number of carbonyl (C=O) groups is 1. The maximum absolute atomic E-state index is 11.8. The van der Waals surface area contributed by atoms with Crippen molar-refractivity contribution in [3.8, 4) is 0 Å². The molecule has 0 aliphatic heterocycles. The van der Waals surface area contributed by atoms with Crippen LogP contribution in [-0.4, -0.2) is 41.8 Å². The number of hydrogen-bond acceptors (Lipinski definition) is 3. The molecule has 1 amide bonds. The zero-order valence-electron chi connectivity index (χ0n) is 11.9. The molecule has 1 fully saturated rings. The molecule has 0 atom stereocenters. The second kappa shape index (κ2) is 5.25. The van der Waals surface area contributed by atoms with E-state index in [1.807, 2.05) is 27.8 Å². The third-order valence-electron chi connectivity index (χ3n) is 2.91. The van der Waals surface area contributed by atoms with Crippen molar-refractivity contribution < 1.29 is 9.53 Å². The Hall–Kier alpha value is -0.770. The molecule has 0 radical (unpaired) electrons. The molecule has 1 saturated carbocycles. The maximum atomic E-state index is 11.8. The summed E-state index contributed by atoms with van der Waals surface area (Å²) >= 11 is 0. The first-order valence-corrected chi connectivity index (χ1v) is 6.41. The van der Waals surface area contributed by atoms with Crippen LogP contribution in [0, 0.1) is 0 Å². The normalized spacial score (nSPS) is 24.4. The third-order valence-corrected chi connectivity index (χ3v) is 2.91. The van der Waals surface area contributed by atoms with Crippen molar-refractivity contribution >= 4 is 6.09 Å². The summed E-state index contributed by atoms with van der Waals surface area (Å²) in [6, 6.07) is 1.37. The van der Waals surface area contributed by atoms with Gasteiger partial charge >= 0.3 is 6.09 Å². The highest BCUT2D eigenvalue weighted by Gasteiger charge is 2.35. The Labute approximate surface area is 105 Å². The fourth-order valence-electron chi connectivity index (χ4n) is 1.99. The average Bonchev–Trinajstić information content (AvgIpc) is 2.06. The summed E-state index contributed by atoms with van der Waals surface area (Å²) in [6.07, 6.45) is 1.83. The van der Waals surface area contributed by atoms with E-state index in [2.05, 4.69) is 19.2 Å². The topological polar surface area (TPSA) is 41.6 Å². The molecule has 1 aliphatic carbocycles. The van der Waals surface area contributed by atoms with E-state index >= 15 is 0 Å². The van der Waals surface area contributed by atoms with E-state index < -0.39 is 5.60 Å². The van der Waals surface area contributed by atoms with Crippen LogP contribution in [0.5, 0.6) is 0 Å². The van der Waals surface area contributed by atoms with Crippen molar-refractivity contribution in [2.75, 3.05) is 7.05 Å². The van der Waals surface area contributed by atoms with E-state index in [4.69, 9.17) is 4.74 Å². The fraction of sp³-hybridized carbons (Fsp3) is 0.923. The van der Waals surface area contributed by atoms with Gasteiger partial charge in [-0.2, -0.15) is 0 Å². The first-order valence-electron chi connectivity index (χ1n) is 6.41. The van der Waals surface area contributed by atoms with Crippen LogP contribution in [0.2, 0.25) is 0 Å². The molecule has 17 heavy (non-hydrogen) atoms. The van der Waals surface area contributed by atoms with Gasteiger partial charge in [0.05, 0.1) is 0 Å². The summed E-state index contributed by atoms with van der Waals surface area (Å²) in [4.78, 5) is 13.5. The number of rotatable bonds is 3. The largest absolute Gasteiger partial charge is 0.444 e. The molecule has 0 heterocycles. The standard InChI is InChI=1S/C13H26N2O2/c1-9(2)14-10-7-11(8-10)15(6)12(16)17-13(3,4)5/h9-11,14H,7-8H2,1-6H3. The van der Waals surface area contributed by atoms with Gasteiger partial charge in [-0.25, -0.2) is 4.79 Å². The van der Waals surface area contributed by atoms with Gasteiger partial charge in [-0.3, -0.25) is 0 Å². The van der Waals surface area contributed by atoms with Gasteiger partial charge in [-0.1, -0.05) is 13.8 Å². The van der Waals surface area contributed by atoms with Gasteiger partial charge in [0.2, 0.25) is 0 Å². The molecule has 0 aromatic heterocycles. The van der Waals surface area contributed by atoms with Gasteiger partial charge in [-0.05, 0) is 33.6 Å². The molecular weight excluding hydrogens is 216 g/mol. The summed E-state index contributed by atoms with van der Waals surface area (Å²) in [7, 11) is 1.82. The number of nitrogens with one attached hydrogen (secondary N) is 1. The van der Waals surface area contributed by atoms with E-state index in [9.17, 15) is 4.79 Å². The van der Waals surface area contributed by atoms with Crippen molar-refractivity contribution in [3.05, 3.63) is 0 Å². The molecule has 4 nitrogen and oxygen atoms in total. The number of ether oxygens (including phenoxy) is 1. The van der Waals surface area contributed by atoms with Crippen LogP contribution in [-0.2, 0) is 4.74 Å². The molecule has 0 aromatic carbocycles. The lowest BCUT2D eigenvalue weighted by molar-refractivity contribution is 0.00995. The maximum Gasteiger partial charge on any atom is 0.410 e. The zero-order valence-corrected chi connectivity index (χ0v) is 11.9. The van der Waals surface area contributed by atoms with E-state index in [-0.39, 0.29) is 6.09 Å². The van der Waals surface area contributed by atoms with E-state index in [0.29, 0.717) is 18.1 Å². The minimum absolute atomic E-state index is 0.217. The van der Waals surface area contributed by atoms with Crippen LogP contribution in [0.15, 0.2) is 0 Å². The predicted octanol–water partition coefficient (Wildman–Crippen LogP) is 2.38. The summed E-state index contributed by atoms with van der Waals surface area (Å²) in [5, 5.41) is 3.47. The molecule has 0 bridgehead atoms. The molecule has 4 heteroatoms. The molecule has 0 saturated heterocycles. The number of nitrogens with zero attached hydrogens (tertiary/aromatic N) is 1. The van der Waals surface area contributed by atoms with E-state index in [0.717, 1.165) is 12.8 Å². The van der Waals surface area contributed by atoms with Crippen molar-refractivity contribution in [3.63, 3.8) is 0 Å². The Balaban J connectivity index is 2.31. The summed E-state index contributed by atoms with van der Waals surface area (Å²) in [5.74, 6) is 0. The highest BCUT2D eigenvalue weighted by molar-refractivity contribution is 5.68. The SMILES string of the molecule is CC(C)NC1CC(N(C)C(=O)OC(C)(C)C)C1. The van der Waals surface area contributed by atoms with Gasteiger partial charge < -0.3 is 15.0 Å². The summed E-state index contributed by atoms with van der Waals surface area (Å²) in [6.45, 7) is 9.96. The second-order valence-electron chi connectivity index (χ2n) is 6.23. The Morgan fingerprint density at radius 1 is 1.35 bits per heavy atom. The number of hydrogen-bond donors (Lipinski definition) is 1. The predicted molar refractivity (Wildman–Crippen MR) is 69.1 cm³/mol. The minimum atomic E-state index is -0.412. The van der Waals surface area contributed by atoms with Gasteiger partial charge in [-0.15, -0.1) is 0 Å². The Kier molecular flexibility index (Phi) is 4.42. The van der Waals surface area contributed by atoms with Crippen molar-refractivity contribution in [2.24, 2.45) is 0 Å². The molecular formula is C13H26N2O2. The van der Waals surface area contributed by atoms with E-state index in [1.54, 1.807) is 4.90 Å². The van der Waals surface area contributed by atoms with Crippen LogP contribution in [0.25, 0.3) is 0 Å². The third kappa shape index (κ3) is 4.54. The molecule has 0 aromatic rings. The van der Waals surface area contributed by atoms with Gasteiger partial charge in [0, 0.05) is 25.2 Å². The molecule has 1 rings (SSSR count). The first kappa shape index (κ1) is 14.3. The second-order valence-corrected chi connectivity index (χ2v) is 6.23. The Morgan fingerprint density at radius 3 is 2.29 bits per heavy atom. The van der Waals surface area contributed by atoms with Crippen LogP contribution in [0.4, 0.5) is 4.79 Å². The lowest BCUT2D eigenvalue weighted by Crippen LogP contribution is -2.54. The van der Waals surface area contributed by atoms with Crippen molar-refractivity contribution in [1.29, 1.82) is 0 Å². The summed E-state index contributed by atoms with van der Waals surface area (Å²) < 4.78 is 5.34. The molecule has 0 unspecified atom stereocenters. The number of carbonyl (C=O) groups excluding carboxylic acids is 1. The molecule has 1 aliphatic rings. The highest BCUT2D eigenvalue weighted by atomic mass is 16.6. The zero-order chi connectivity index (χ0) is 13.2. The summed E-state index contributed by atoms with van der Waals surface area (Å²) in [5.41, 5.74) is -0.412. The van der Waals surface area contributed by atoms with Crippen LogP contribution in [0.1, 0.15) is 47.5 Å². The monoisotopic (exact) mass is 242 g/mol. The quantitative estimate of drug-likeness (QED) is 0.826. The minimum Gasteiger partial charge on any atom is -0.444 e. The number of amides is 1. The Morgan fingerprint density at radius 2 is 1.88 bits per heavy atom. The van der Waals surface area contributed by atoms with Crippen LogP contribution in [0.3, 0.4) is 0 Å². The average molecular weight is 242 g/mol. The van der Waals surface area contributed by atoms with E-state index in [1.165, 1.54) is 0 Å². The van der Waals surface area contributed by atoms with Crippen LogP contribution >= 0.6 is 0 Å². The molecule has 1 N–H and O–H groups in total. The fourth-order valence-corrected chi connectivity index (χ4v) is 1.99. The lowest BCUT2D eigenvalue weighted by Gasteiger charge is -2.42.